The van der Waals surface area contributed by atoms with Crippen molar-refractivity contribution in [1.29, 1.82) is 0 Å². The van der Waals surface area contributed by atoms with Gasteiger partial charge in [-0.3, -0.25) is 4.79 Å². The van der Waals surface area contributed by atoms with E-state index in [2.05, 4.69) is 41.5 Å². The van der Waals surface area contributed by atoms with Crippen molar-refractivity contribution in [2.75, 3.05) is 0 Å². The molecule has 4 aromatic rings. The Bertz CT molecular complexity index is 1150. The van der Waals surface area contributed by atoms with E-state index in [0.29, 0.717) is 19.6 Å². The van der Waals surface area contributed by atoms with E-state index in [0.717, 1.165) is 33.3 Å². The number of carboxylic acid groups (broad SMARTS) is 1. The first-order chi connectivity index (χ1) is 15.1. The van der Waals surface area contributed by atoms with Crippen LogP contribution in [0.5, 0.6) is 5.75 Å². The molecule has 0 aliphatic heterocycles. The van der Waals surface area contributed by atoms with Gasteiger partial charge in [0.05, 0.1) is 0 Å². The van der Waals surface area contributed by atoms with Crippen LogP contribution in [0.4, 0.5) is 0 Å². The number of aromatic amines is 1. The van der Waals surface area contributed by atoms with Crippen LogP contribution < -0.4 is 10.1 Å². The smallest absolute Gasteiger partial charge is 0.321 e. The number of ether oxygens (including phenoxy) is 1. The topological polar surface area (TPSA) is 74.3 Å². The van der Waals surface area contributed by atoms with Crippen molar-refractivity contribution in [2.45, 2.75) is 32.5 Å². The molecule has 1 unspecified atom stereocenters. The van der Waals surface area contributed by atoms with Crippen molar-refractivity contribution in [1.82, 2.24) is 10.3 Å². The van der Waals surface area contributed by atoms with Crippen molar-refractivity contribution in [3.63, 3.8) is 0 Å². The number of para-hydroxylation sites is 1. The lowest BCUT2D eigenvalue weighted by atomic mass is 10.0. The van der Waals surface area contributed by atoms with Crippen LogP contribution in [0, 0.1) is 6.92 Å². The normalized spacial score (nSPS) is 12.0. The van der Waals surface area contributed by atoms with E-state index in [1.165, 1.54) is 5.56 Å². The van der Waals surface area contributed by atoms with Gasteiger partial charge in [0.1, 0.15) is 18.4 Å². The third-order valence-corrected chi connectivity index (χ3v) is 5.40. The average Bonchev–Trinajstić information content (AvgIpc) is 3.19. The highest BCUT2D eigenvalue weighted by atomic mass is 16.5. The van der Waals surface area contributed by atoms with Gasteiger partial charge in [-0.2, -0.15) is 0 Å². The Labute approximate surface area is 181 Å². The highest BCUT2D eigenvalue weighted by Gasteiger charge is 2.19. The van der Waals surface area contributed by atoms with Crippen molar-refractivity contribution in [3.05, 3.63) is 101 Å². The molecule has 0 saturated heterocycles. The molecule has 0 spiro atoms. The summed E-state index contributed by atoms with van der Waals surface area (Å²) < 4.78 is 5.84. The average molecular weight is 415 g/mol. The van der Waals surface area contributed by atoms with E-state index in [1.807, 2.05) is 54.7 Å². The lowest BCUT2D eigenvalue weighted by Gasteiger charge is -2.14. The zero-order chi connectivity index (χ0) is 21.6. The molecule has 5 heteroatoms. The Morgan fingerprint density at radius 3 is 2.45 bits per heavy atom. The summed E-state index contributed by atoms with van der Waals surface area (Å²) in [6.07, 6.45) is 2.31. The van der Waals surface area contributed by atoms with E-state index in [1.54, 1.807) is 0 Å². The second-order valence-corrected chi connectivity index (χ2v) is 7.75. The summed E-state index contributed by atoms with van der Waals surface area (Å²) in [4.78, 5) is 15.0. The molecule has 0 aliphatic carbocycles. The maximum absolute atomic E-state index is 11.8. The van der Waals surface area contributed by atoms with Crippen LogP contribution in [-0.2, 0) is 24.4 Å². The third kappa shape index (κ3) is 5.32. The Balaban J connectivity index is 1.33. The van der Waals surface area contributed by atoms with E-state index >= 15 is 0 Å². The molecular formula is C26H26N2O3. The van der Waals surface area contributed by atoms with Crippen molar-refractivity contribution >= 4 is 16.9 Å². The molecule has 0 fully saturated rings. The van der Waals surface area contributed by atoms with Crippen LogP contribution in [0.2, 0.25) is 0 Å². The number of benzene rings is 3. The summed E-state index contributed by atoms with van der Waals surface area (Å²) in [6.45, 7) is 3.05. The fraction of sp³-hybridized carbons (Fsp3) is 0.192. The molecule has 1 aromatic heterocycles. The molecule has 3 aromatic carbocycles. The van der Waals surface area contributed by atoms with E-state index in [4.69, 9.17) is 4.74 Å². The molecule has 1 heterocycles. The number of aliphatic carboxylic acids is 1. The number of rotatable bonds is 9. The van der Waals surface area contributed by atoms with Crippen molar-refractivity contribution in [2.24, 2.45) is 0 Å². The fourth-order valence-corrected chi connectivity index (χ4v) is 3.56. The van der Waals surface area contributed by atoms with E-state index < -0.39 is 12.0 Å². The highest BCUT2D eigenvalue weighted by Crippen LogP contribution is 2.20. The second kappa shape index (κ2) is 9.49. The second-order valence-electron chi connectivity index (χ2n) is 7.75. The summed E-state index contributed by atoms with van der Waals surface area (Å²) in [5, 5.41) is 13.9. The number of fused-ring (bicyclic) bond motifs is 1. The minimum Gasteiger partial charge on any atom is -0.489 e. The van der Waals surface area contributed by atoms with Gasteiger partial charge in [-0.15, -0.1) is 0 Å². The molecule has 158 valence electrons. The lowest BCUT2D eigenvalue weighted by molar-refractivity contribution is -0.139. The number of carboxylic acids is 1. The van der Waals surface area contributed by atoms with Gasteiger partial charge in [0.15, 0.2) is 0 Å². The molecule has 0 saturated carbocycles. The number of aromatic nitrogens is 1. The SMILES string of the molecule is Cc1ccc(COc2ccc(CNC(Cc3c[nH]c4ccccc34)C(=O)O)cc2)cc1. The van der Waals surface area contributed by atoms with Gasteiger partial charge < -0.3 is 20.1 Å². The van der Waals surface area contributed by atoms with Crippen molar-refractivity contribution < 1.29 is 14.6 Å². The zero-order valence-electron chi connectivity index (χ0n) is 17.5. The largest absolute Gasteiger partial charge is 0.489 e. The molecule has 0 bridgehead atoms. The van der Waals surface area contributed by atoms with Crippen LogP contribution >= 0.6 is 0 Å². The molecule has 5 nitrogen and oxygen atoms in total. The fourth-order valence-electron chi connectivity index (χ4n) is 3.56. The van der Waals surface area contributed by atoms with Gasteiger partial charge in [0, 0.05) is 30.1 Å². The predicted octanol–water partition coefficient (Wildman–Crippen LogP) is 4.84. The van der Waals surface area contributed by atoms with Crippen molar-refractivity contribution in [3.8, 4) is 5.75 Å². The highest BCUT2D eigenvalue weighted by molar-refractivity contribution is 5.84. The molecule has 0 aliphatic rings. The minimum absolute atomic E-state index is 0.414. The van der Waals surface area contributed by atoms with Gasteiger partial charge in [0.25, 0.3) is 0 Å². The first-order valence-electron chi connectivity index (χ1n) is 10.4. The van der Waals surface area contributed by atoms with Gasteiger partial charge >= 0.3 is 5.97 Å². The molecule has 1 atom stereocenters. The van der Waals surface area contributed by atoms with E-state index in [9.17, 15) is 9.90 Å². The summed E-state index contributed by atoms with van der Waals surface area (Å²) in [7, 11) is 0. The number of nitrogens with one attached hydrogen (secondary N) is 2. The summed E-state index contributed by atoms with van der Waals surface area (Å²) in [5.74, 6) is -0.0683. The maximum Gasteiger partial charge on any atom is 0.321 e. The van der Waals surface area contributed by atoms with Crippen LogP contribution in [0.15, 0.2) is 79.0 Å². The zero-order valence-corrected chi connectivity index (χ0v) is 17.5. The van der Waals surface area contributed by atoms with Crippen LogP contribution in [0.1, 0.15) is 22.3 Å². The summed E-state index contributed by atoms with van der Waals surface area (Å²) >= 11 is 0. The number of H-pyrrole nitrogens is 1. The van der Waals surface area contributed by atoms with Crippen LogP contribution in [-0.4, -0.2) is 22.1 Å². The Hall–Kier alpha value is -3.57. The van der Waals surface area contributed by atoms with Crippen LogP contribution in [0.25, 0.3) is 10.9 Å². The van der Waals surface area contributed by atoms with Gasteiger partial charge in [-0.1, -0.05) is 60.2 Å². The number of carbonyl (C=O) groups is 1. The molecule has 4 rings (SSSR count). The Morgan fingerprint density at radius 1 is 1.00 bits per heavy atom. The van der Waals surface area contributed by atoms with Crippen LogP contribution in [0.3, 0.4) is 0 Å². The first-order valence-corrected chi connectivity index (χ1v) is 10.4. The predicted molar refractivity (Wildman–Crippen MR) is 122 cm³/mol. The van der Waals surface area contributed by atoms with Gasteiger partial charge in [0.2, 0.25) is 0 Å². The summed E-state index contributed by atoms with van der Waals surface area (Å²) in [5.41, 5.74) is 5.37. The van der Waals surface area contributed by atoms with E-state index in [-0.39, 0.29) is 0 Å². The van der Waals surface area contributed by atoms with Gasteiger partial charge in [-0.05, 0) is 41.8 Å². The number of aryl methyl sites for hydroxylation is 1. The third-order valence-electron chi connectivity index (χ3n) is 5.40. The summed E-state index contributed by atoms with van der Waals surface area (Å²) in [6, 6.07) is 23.3. The standard InChI is InChI=1S/C26H26N2O3/c1-18-6-8-20(9-7-18)17-31-22-12-10-19(11-13-22)15-27-25(26(29)30)14-21-16-28-24-5-3-2-4-23(21)24/h2-13,16,25,27-28H,14-15,17H2,1H3,(H,29,30). The molecular weight excluding hydrogens is 388 g/mol. The lowest BCUT2D eigenvalue weighted by Crippen LogP contribution is -2.38. The molecule has 31 heavy (non-hydrogen) atoms. The minimum atomic E-state index is -0.858. The Kier molecular flexibility index (Phi) is 6.34. The number of hydrogen-bond acceptors (Lipinski definition) is 3. The maximum atomic E-state index is 11.8. The van der Waals surface area contributed by atoms with Gasteiger partial charge in [-0.25, -0.2) is 0 Å². The quantitative estimate of drug-likeness (QED) is 0.366. The first kappa shape index (κ1) is 20.7. The number of hydrogen-bond donors (Lipinski definition) is 3. The molecule has 0 radical (unpaired) electrons. The Morgan fingerprint density at radius 2 is 1.71 bits per heavy atom. The molecule has 3 N–H and O–H groups in total. The monoisotopic (exact) mass is 414 g/mol. The molecule has 0 amide bonds.